The summed E-state index contributed by atoms with van der Waals surface area (Å²) in [6.45, 7) is 5.76. The van der Waals surface area contributed by atoms with Crippen molar-refractivity contribution in [1.29, 1.82) is 0 Å². The summed E-state index contributed by atoms with van der Waals surface area (Å²) in [4.78, 5) is 19.8. The molecule has 0 spiro atoms. The maximum Gasteiger partial charge on any atom is 0.230 e. The number of hydrogen-bond acceptors (Lipinski definition) is 5. The van der Waals surface area contributed by atoms with E-state index in [0.717, 1.165) is 42.6 Å². The molecule has 5 nitrogen and oxygen atoms in total. The van der Waals surface area contributed by atoms with Gasteiger partial charge in [0, 0.05) is 30.7 Å². The van der Waals surface area contributed by atoms with Gasteiger partial charge >= 0.3 is 0 Å². The van der Waals surface area contributed by atoms with Crippen molar-refractivity contribution in [2.24, 2.45) is 0 Å². The van der Waals surface area contributed by atoms with Gasteiger partial charge in [-0.1, -0.05) is 17.7 Å². The molecule has 0 bridgehead atoms. The number of amides is 1. The van der Waals surface area contributed by atoms with E-state index >= 15 is 0 Å². The Balaban J connectivity index is 1.47. The minimum atomic E-state index is 0.0373. The van der Waals surface area contributed by atoms with Gasteiger partial charge in [-0.3, -0.25) is 4.79 Å². The van der Waals surface area contributed by atoms with Crippen LogP contribution in [0.15, 0.2) is 47.5 Å². The third-order valence-corrected chi connectivity index (χ3v) is 5.04. The number of hydrogen-bond donors (Lipinski definition) is 1. The van der Waals surface area contributed by atoms with E-state index in [0.29, 0.717) is 12.3 Å². The molecule has 3 rings (SSSR count). The molecule has 1 aliphatic heterocycles. The Morgan fingerprint density at radius 1 is 1.24 bits per heavy atom. The minimum absolute atomic E-state index is 0.0373. The van der Waals surface area contributed by atoms with Gasteiger partial charge in [0.2, 0.25) is 5.91 Å². The molecule has 0 saturated carbocycles. The summed E-state index contributed by atoms with van der Waals surface area (Å²) >= 11 is 1.55. The van der Waals surface area contributed by atoms with Crippen LogP contribution in [0.4, 0.5) is 5.82 Å². The van der Waals surface area contributed by atoms with E-state index in [2.05, 4.69) is 34.3 Å². The summed E-state index contributed by atoms with van der Waals surface area (Å²) in [7, 11) is 0. The quantitative estimate of drug-likeness (QED) is 0.806. The van der Waals surface area contributed by atoms with Crippen LogP contribution in [0, 0.1) is 6.92 Å². The molecule has 25 heavy (non-hydrogen) atoms. The number of thioether (sulfide) groups is 1. The fraction of sp³-hybridized carbons (Fsp3) is 0.368. The molecule has 6 heteroatoms. The number of anilines is 1. The van der Waals surface area contributed by atoms with Crippen LogP contribution in [0.2, 0.25) is 0 Å². The Bertz CT molecular complexity index is 700. The lowest BCUT2D eigenvalue weighted by Gasteiger charge is -2.28. The van der Waals surface area contributed by atoms with Crippen LogP contribution < -0.4 is 10.2 Å². The lowest BCUT2D eigenvalue weighted by molar-refractivity contribution is -0.118. The van der Waals surface area contributed by atoms with Gasteiger partial charge in [0.25, 0.3) is 0 Å². The molecular weight excluding hydrogens is 334 g/mol. The molecule has 0 atom stereocenters. The van der Waals surface area contributed by atoms with Crippen LogP contribution >= 0.6 is 11.8 Å². The summed E-state index contributed by atoms with van der Waals surface area (Å²) in [6, 6.07) is 12.2. The van der Waals surface area contributed by atoms with E-state index in [1.807, 2.05) is 24.3 Å². The second kappa shape index (κ2) is 8.87. The van der Waals surface area contributed by atoms with Crippen molar-refractivity contribution in [2.45, 2.75) is 18.4 Å². The Hall–Kier alpha value is -2.05. The SMILES string of the molecule is Cc1ccc(SCC(=O)NCc2ccnc(N3CCOCC3)c2)cc1. The van der Waals surface area contributed by atoms with Gasteiger partial charge in [0.15, 0.2) is 0 Å². The zero-order valence-electron chi connectivity index (χ0n) is 14.4. The highest BCUT2D eigenvalue weighted by Gasteiger charge is 2.12. The number of nitrogens with one attached hydrogen (secondary N) is 1. The maximum absolute atomic E-state index is 12.1. The smallest absolute Gasteiger partial charge is 0.230 e. The summed E-state index contributed by atoms with van der Waals surface area (Å²) in [5.74, 6) is 1.41. The van der Waals surface area contributed by atoms with Gasteiger partial charge in [0.05, 0.1) is 19.0 Å². The molecule has 2 aromatic rings. The standard InChI is InChI=1S/C19H23N3O2S/c1-15-2-4-17(5-3-15)25-14-19(23)21-13-16-6-7-20-18(12-16)22-8-10-24-11-9-22/h2-7,12H,8-11,13-14H2,1H3,(H,21,23). The monoisotopic (exact) mass is 357 g/mol. The number of aromatic nitrogens is 1. The van der Waals surface area contributed by atoms with Gasteiger partial charge in [-0.25, -0.2) is 4.98 Å². The molecule has 0 aliphatic carbocycles. The zero-order valence-corrected chi connectivity index (χ0v) is 15.2. The number of ether oxygens (including phenoxy) is 1. The number of benzene rings is 1. The highest BCUT2D eigenvalue weighted by atomic mass is 32.2. The molecule has 2 heterocycles. The number of carbonyl (C=O) groups is 1. The van der Waals surface area contributed by atoms with Gasteiger partial charge in [-0.2, -0.15) is 0 Å². The maximum atomic E-state index is 12.1. The minimum Gasteiger partial charge on any atom is -0.378 e. The molecule has 1 fully saturated rings. The van der Waals surface area contributed by atoms with Crippen molar-refractivity contribution in [3.8, 4) is 0 Å². The summed E-state index contributed by atoms with van der Waals surface area (Å²) < 4.78 is 5.37. The first-order chi connectivity index (χ1) is 12.2. The van der Waals surface area contributed by atoms with Crippen LogP contribution in [0.5, 0.6) is 0 Å². The predicted octanol–water partition coefficient (Wildman–Crippen LogP) is 2.64. The van der Waals surface area contributed by atoms with Gasteiger partial charge in [-0.05, 0) is 36.8 Å². The van der Waals surface area contributed by atoms with E-state index in [-0.39, 0.29) is 5.91 Å². The summed E-state index contributed by atoms with van der Waals surface area (Å²) in [5.41, 5.74) is 2.28. The number of nitrogens with zero attached hydrogens (tertiary/aromatic N) is 2. The molecule has 1 amide bonds. The zero-order chi connectivity index (χ0) is 17.5. The molecule has 0 unspecified atom stereocenters. The predicted molar refractivity (Wildman–Crippen MR) is 101 cm³/mol. The van der Waals surface area contributed by atoms with Crippen LogP contribution in [0.3, 0.4) is 0 Å². The number of rotatable bonds is 6. The van der Waals surface area contributed by atoms with Crippen LogP contribution in [0.25, 0.3) is 0 Å². The molecule has 1 aliphatic rings. The van der Waals surface area contributed by atoms with E-state index in [1.54, 1.807) is 18.0 Å². The third kappa shape index (κ3) is 5.47. The van der Waals surface area contributed by atoms with Gasteiger partial charge < -0.3 is 15.0 Å². The third-order valence-electron chi connectivity index (χ3n) is 4.03. The summed E-state index contributed by atoms with van der Waals surface area (Å²) in [6.07, 6.45) is 1.80. The van der Waals surface area contributed by atoms with E-state index < -0.39 is 0 Å². The van der Waals surface area contributed by atoms with Crippen molar-refractivity contribution in [1.82, 2.24) is 10.3 Å². The highest BCUT2D eigenvalue weighted by Crippen LogP contribution is 2.18. The average Bonchev–Trinajstić information content (AvgIpc) is 2.67. The molecule has 1 aromatic heterocycles. The molecular formula is C19H23N3O2S. The highest BCUT2D eigenvalue weighted by molar-refractivity contribution is 8.00. The number of pyridine rings is 1. The first-order valence-corrected chi connectivity index (χ1v) is 9.43. The molecule has 1 aromatic carbocycles. The first kappa shape index (κ1) is 17.8. The first-order valence-electron chi connectivity index (χ1n) is 8.44. The normalized spacial score (nSPS) is 14.4. The fourth-order valence-corrected chi connectivity index (χ4v) is 3.30. The fourth-order valence-electron chi connectivity index (χ4n) is 2.57. The Morgan fingerprint density at radius 2 is 2.00 bits per heavy atom. The number of morpholine rings is 1. The van der Waals surface area contributed by atoms with Crippen LogP contribution in [0.1, 0.15) is 11.1 Å². The van der Waals surface area contributed by atoms with Crippen molar-refractivity contribution >= 4 is 23.5 Å². The van der Waals surface area contributed by atoms with Crippen molar-refractivity contribution in [3.63, 3.8) is 0 Å². The molecule has 0 radical (unpaired) electrons. The van der Waals surface area contributed by atoms with E-state index in [1.165, 1.54) is 5.56 Å². The van der Waals surface area contributed by atoms with Crippen molar-refractivity contribution < 1.29 is 9.53 Å². The Kier molecular flexibility index (Phi) is 6.30. The second-order valence-corrected chi connectivity index (χ2v) is 7.05. The largest absolute Gasteiger partial charge is 0.378 e. The molecule has 1 N–H and O–H groups in total. The van der Waals surface area contributed by atoms with Crippen molar-refractivity contribution in [2.75, 3.05) is 37.0 Å². The summed E-state index contributed by atoms with van der Waals surface area (Å²) in [5, 5.41) is 2.98. The van der Waals surface area contributed by atoms with Crippen LogP contribution in [-0.4, -0.2) is 42.9 Å². The Morgan fingerprint density at radius 3 is 2.76 bits per heavy atom. The molecule has 1 saturated heterocycles. The number of carbonyl (C=O) groups excluding carboxylic acids is 1. The topological polar surface area (TPSA) is 54.5 Å². The van der Waals surface area contributed by atoms with Crippen molar-refractivity contribution in [3.05, 3.63) is 53.7 Å². The van der Waals surface area contributed by atoms with Crippen LogP contribution in [-0.2, 0) is 16.1 Å². The lowest BCUT2D eigenvalue weighted by Crippen LogP contribution is -2.36. The van der Waals surface area contributed by atoms with E-state index in [4.69, 9.17) is 4.74 Å². The van der Waals surface area contributed by atoms with E-state index in [9.17, 15) is 4.79 Å². The Labute approximate surface area is 152 Å². The average molecular weight is 357 g/mol. The second-order valence-electron chi connectivity index (χ2n) is 6.00. The lowest BCUT2D eigenvalue weighted by atomic mass is 10.2. The van der Waals surface area contributed by atoms with Gasteiger partial charge in [-0.15, -0.1) is 11.8 Å². The molecule has 132 valence electrons. The van der Waals surface area contributed by atoms with Gasteiger partial charge in [0.1, 0.15) is 5.82 Å². The number of aryl methyl sites for hydroxylation is 1.